The average Bonchev–Trinajstić information content (AvgIpc) is 3.35. The van der Waals surface area contributed by atoms with Gasteiger partial charge in [0, 0.05) is 24.2 Å². The summed E-state index contributed by atoms with van der Waals surface area (Å²) in [6, 6.07) is 16.1. The molecule has 1 aromatic heterocycles. The third-order valence-electron chi connectivity index (χ3n) is 4.56. The number of nitrogens with one attached hydrogen (secondary N) is 1. The van der Waals surface area contributed by atoms with E-state index < -0.39 is 0 Å². The molecule has 2 aromatic carbocycles. The Labute approximate surface area is 161 Å². The molecule has 1 aliphatic rings. The summed E-state index contributed by atoms with van der Waals surface area (Å²) in [6.07, 6.45) is 0.281. The summed E-state index contributed by atoms with van der Waals surface area (Å²) in [5.41, 5.74) is 1.27. The number of rotatable bonds is 5. The Morgan fingerprint density at radius 1 is 1.14 bits per heavy atom. The molecule has 0 radical (unpaired) electrons. The molecule has 1 fully saturated rings. The molecular weight excluding hydrogens is 360 g/mol. The van der Waals surface area contributed by atoms with E-state index in [-0.39, 0.29) is 30.2 Å². The first-order valence-corrected chi connectivity index (χ1v) is 8.78. The van der Waals surface area contributed by atoms with E-state index in [0.29, 0.717) is 23.7 Å². The largest absolute Gasteiger partial charge is 0.497 e. The monoisotopic (exact) mass is 378 g/mol. The highest BCUT2D eigenvalue weighted by Gasteiger charge is 2.35. The number of anilines is 2. The van der Waals surface area contributed by atoms with Crippen LogP contribution in [0, 0.1) is 0 Å². The second-order valence-corrected chi connectivity index (χ2v) is 6.37. The van der Waals surface area contributed by atoms with Crippen LogP contribution in [-0.4, -0.2) is 35.7 Å². The lowest BCUT2D eigenvalue weighted by atomic mass is 10.1. The van der Waals surface area contributed by atoms with Crippen molar-refractivity contribution in [3.63, 3.8) is 0 Å². The number of carbonyl (C=O) groups is 2. The van der Waals surface area contributed by atoms with Crippen molar-refractivity contribution in [2.24, 2.45) is 0 Å². The van der Waals surface area contributed by atoms with Gasteiger partial charge in [-0.3, -0.25) is 14.9 Å². The van der Waals surface area contributed by atoms with Crippen LogP contribution in [0.25, 0.3) is 0 Å². The molecule has 1 aliphatic heterocycles. The number of amides is 2. The van der Waals surface area contributed by atoms with Gasteiger partial charge in [-0.2, -0.15) is 0 Å². The maximum atomic E-state index is 12.3. The number of nitrogens with zero attached hydrogens (tertiary/aromatic N) is 3. The zero-order chi connectivity index (χ0) is 19.5. The number of hydrogen-bond donors (Lipinski definition) is 1. The zero-order valence-corrected chi connectivity index (χ0v) is 15.2. The molecule has 8 heteroatoms. The molecule has 142 valence electrons. The van der Waals surface area contributed by atoms with Gasteiger partial charge in [0.05, 0.1) is 13.0 Å². The van der Waals surface area contributed by atoms with Gasteiger partial charge in [0.15, 0.2) is 0 Å². The normalized spacial score (nSPS) is 16.2. The molecule has 4 rings (SSSR count). The molecule has 0 unspecified atom stereocenters. The van der Waals surface area contributed by atoms with Gasteiger partial charge in [0.2, 0.25) is 11.8 Å². The van der Waals surface area contributed by atoms with Gasteiger partial charge in [-0.25, -0.2) is 0 Å². The summed E-state index contributed by atoms with van der Waals surface area (Å²) in [7, 11) is 1.56. The van der Waals surface area contributed by atoms with Crippen molar-refractivity contribution >= 4 is 23.5 Å². The Morgan fingerprint density at radius 2 is 1.89 bits per heavy atom. The minimum atomic E-state index is -0.369. The second-order valence-electron chi connectivity index (χ2n) is 6.37. The number of ether oxygens (including phenoxy) is 1. The van der Waals surface area contributed by atoms with Crippen LogP contribution in [0.2, 0.25) is 0 Å². The quantitative estimate of drug-likeness (QED) is 0.733. The van der Waals surface area contributed by atoms with Gasteiger partial charge in [-0.15, -0.1) is 5.10 Å². The van der Waals surface area contributed by atoms with E-state index in [1.807, 2.05) is 30.3 Å². The summed E-state index contributed by atoms with van der Waals surface area (Å²) < 4.78 is 10.7. The van der Waals surface area contributed by atoms with Crippen molar-refractivity contribution in [1.82, 2.24) is 10.2 Å². The molecule has 2 heterocycles. The lowest BCUT2D eigenvalue weighted by molar-refractivity contribution is -0.117. The molecule has 3 aromatic rings. The molecule has 0 bridgehead atoms. The van der Waals surface area contributed by atoms with Crippen molar-refractivity contribution in [3.05, 3.63) is 66.1 Å². The lowest BCUT2D eigenvalue weighted by Crippen LogP contribution is -2.24. The Morgan fingerprint density at radius 3 is 2.61 bits per heavy atom. The van der Waals surface area contributed by atoms with Crippen molar-refractivity contribution in [2.45, 2.75) is 12.3 Å². The maximum Gasteiger partial charge on any atom is 0.322 e. The summed E-state index contributed by atoms with van der Waals surface area (Å²) in [5, 5.41) is 10.5. The first-order chi connectivity index (χ1) is 13.6. The molecule has 2 amide bonds. The van der Waals surface area contributed by atoms with E-state index in [1.165, 1.54) is 0 Å². The fourth-order valence-electron chi connectivity index (χ4n) is 3.09. The van der Waals surface area contributed by atoms with E-state index in [2.05, 4.69) is 15.5 Å². The summed E-state index contributed by atoms with van der Waals surface area (Å²) >= 11 is 0. The van der Waals surface area contributed by atoms with Gasteiger partial charge in [0.1, 0.15) is 5.75 Å². The van der Waals surface area contributed by atoms with Gasteiger partial charge >= 0.3 is 6.01 Å². The lowest BCUT2D eigenvalue weighted by Gasteiger charge is -2.15. The second kappa shape index (κ2) is 7.51. The van der Waals surface area contributed by atoms with Gasteiger partial charge in [0.25, 0.3) is 5.91 Å². The predicted octanol–water partition coefficient (Wildman–Crippen LogP) is 2.85. The third-order valence-corrected chi connectivity index (χ3v) is 4.56. The van der Waals surface area contributed by atoms with E-state index in [0.717, 1.165) is 5.69 Å². The SMILES string of the molecule is COc1ccc(C(=O)Nc2nnc([C@H]3CC(=O)N(c4ccccc4)C3)o2)cc1. The first-order valence-electron chi connectivity index (χ1n) is 8.78. The Kier molecular flexibility index (Phi) is 4.76. The number of carbonyl (C=O) groups excluding carboxylic acids is 2. The molecule has 1 atom stereocenters. The van der Waals surface area contributed by atoms with Gasteiger partial charge < -0.3 is 14.1 Å². The topological polar surface area (TPSA) is 97.6 Å². The standard InChI is InChI=1S/C20H18N4O4/c1-27-16-9-7-13(8-10-16)18(26)21-20-23-22-19(28-20)14-11-17(25)24(12-14)15-5-3-2-4-6-15/h2-10,14H,11-12H2,1H3,(H,21,23,26)/t14-/m0/s1. The smallest absolute Gasteiger partial charge is 0.322 e. The van der Waals surface area contributed by atoms with Crippen molar-refractivity contribution in [2.75, 3.05) is 23.9 Å². The van der Waals surface area contributed by atoms with E-state index in [1.54, 1.807) is 36.3 Å². The fraction of sp³-hybridized carbons (Fsp3) is 0.200. The molecule has 1 saturated heterocycles. The van der Waals surface area contributed by atoms with Crippen LogP contribution < -0.4 is 15.0 Å². The number of methoxy groups -OCH3 is 1. The van der Waals surface area contributed by atoms with Crippen LogP contribution in [0.5, 0.6) is 5.75 Å². The number of benzene rings is 2. The highest BCUT2D eigenvalue weighted by Crippen LogP contribution is 2.31. The molecule has 28 heavy (non-hydrogen) atoms. The summed E-state index contributed by atoms with van der Waals surface area (Å²) in [5.74, 6) is 0.402. The maximum absolute atomic E-state index is 12.3. The third kappa shape index (κ3) is 3.57. The van der Waals surface area contributed by atoms with Gasteiger partial charge in [-0.05, 0) is 36.4 Å². The number of aromatic nitrogens is 2. The number of para-hydroxylation sites is 1. The van der Waals surface area contributed by atoms with Crippen LogP contribution in [0.15, 0.2) is 59.0 Å². The highest BCUT2D eigenvalue weighted by molar-refractivity contribution is 6.03. The van der Waals surface area contributed by atoms with E-state index >= 15 is 0 Å². The Balaban J connectivity index is 1.43. The van der Waals surface area contributed by atoms with Crippen molar-refractivity contribution < 1.29 is 18.7 Å². The van der Waals surface area contributed by atoms with Crippen LogP contribution >= 0.6 is 0 Å². The summed E-state index contributed by atoms with van der Waals surface area (Å²) in [6.45, 7) is 0.455. The molecule has 1 N–H and O–H groups in total. The Hall–Kier alpha value is -3.68. The first kappa shape index (κ1) is 17.7. The molecular formula is C20H18N4O4. The number of hydrogen-bond acceptors (Lipinski definition) is 6. The summed E-state index contributed by atoms with van der Waals surface area (Å²) in [4.78, 5) is 26.3. The average molecular weight is 378 g/mol. The van der Waals surface area contributed by atoms with E-state index in [9.17, 15) is 9.59 Å². The van der Waals surface area contributed by atoms with Crippen LogP contribution in [-0.2, 0) is 4.79 Å². The molecule has 0 saturated carbocycles. The minimum Gasteiger partial charge on any atom is -0.497 e. The molecule has 8 nitrogen and oxygen atoms in total. The zero-order valence-electron chi connectivity index (χ0n) is 15.2. The minimum absolute atomic E-state index is 0.00132. The molecule has 0 aliphatic carbocycles. The van der Waals surface area contributed by atoms with Crippen LogP contribution in [0.4, 0.5) is 11.7 Å². The predicted molar refractivity (Wildman–Crippen MR) is 101 cm³/mol. The van der Waals surface area contributed by atoms with Crippen LogP contribution in [0.1, 0.15) is 28.6 Å². The van der Waals surface area contributed by atoms with Gasteiger partial charge in [-0.1, -0.05) is 23.3 Å². The van der Waals surface area contributed by atoms with E-state index in [4.69, 9.17) is 9.15 Å². The highest BCUT2D eigenvalue weighted by atomic mass is 16.5. The fourth-order valence-corrected chi connectivity index (χ4v) is 3.09. The van der Waals surface area contributed by atoms with Crippen molar-refractivity contribution in [1.29, 1.82) is 0 Å². The van der Waals surface area contributed by atoms with Crippen LogP contribution in [0.3, 0.4) is 0 Å². The van der Waals surface area contributed by atoms with Crippen molar-refractivity contribution in [3.8, 4) is 5.75 Å². The Bertz CT molecular complexity index is 985. The molecule has 0 spiro atoms.